The molecule has 0 aliphatic carbocycles. The lowest BCUT2D eigenvalue weighted by Crippen LogP contribution is -2.23. The van der Waals surface area contributed by atoms with E-state index in [0.29, 0.717) is 17.3 Å². The molecular weight excluding hydrogens is 554 g/mol. The molecule has 7 nitrogen and oxygen atoms in total. The molecule has 2 heterocycles. The molecule has 0 amide bonds. The van der Waals surface area contributed by atoms with Gasteiger partial charge < -0.3 is 23.6 Å². The van der Waals surface area contributed by atoms with Crippen LogP contribution in [0.15, 0.2) is 84.5 Å². The fourth-order valence-electron chi connectivity index (χ4n) is 4.33. The smallest absolute Gasteiger partial charge is 0.417 e. The maximum absolute atomic E-state index is 13.8. The largest absolute Gasteiger partial charge is 0.505 e. The molecule has 1 N–H and O–H groups in total. The van der Waals surface area contributed by atoms with Crippen LogP contribution < -0.4 is 20.7 Å². The summed E-state index contributed by atoms with van der Waals surface area (Å²) in [4.78, 5) is 25.9. The Labute approximate surface area is 227 Å². The van der Waals surface area contributed by atoms with Crippen molar-refractivity contribution in [3.8, 4) is 17.2 Å². The van der Waals surface area contributed by atoms with Crippen molar-refractivity contribution in [1.29, 1.82) is 0 Å². The summed E-state index contributed by atoms with van der Waals surface area (Å²) in [6.07, 6.45) is -4.73. The quantitative estimate of drug-likeness (QED) is 0.191. The van der Waals surface area contributed by atoms with Gasteiger partial charge in [-0.2, -0.15) is 13.2 Å². The minimum Gasteiger partial charge on any atom is -0.505 e. The van der Waals surface area contributed by atoms with Crippen LogP contribution in [0.3, 0.4) is 0 Å². The summed E-state index contributed by atoms with van der Waals surface area (Å²) in [7, 11) is 2.77. The van der Waals surface area contributed by atoms with Gasteiger partial charge in [-0.3, -0.25) is 4.79 Å². The van der Waals surface area contributed by atoms with Crippen LogP contribution in [0.4, 0.5) is 17.6 Å². The highest BCUT2D eigenvalue weighted by molar-refractivity contribution is 7.99. The van der Waals surface area contributed by atoms with Crippen molar-refractivity contribution in [2.45, 2.75) is 22.5 Å². The Balaban J connectivity index is 1.82. The molecule has 0 aliphatic rings. The number of benzene rings is 3. The molecule has 2 aromatic heterocycles. The molecule has 12 heteroatoms. The Bertz CT molecular complexity index is 1880. The summed E-state index contributed by atoms with van der Waals surface area (Å²) in [5.74, 6) is -0.832. The molecule has 40 heavy (non-hydrogen) atoms. The Kier molecular flexibility index (Phi) is 6.96. The maximum Gasteiger partial charge on any atom is 0.417 e. The number of fused-ring (bicyclic) bond motifs is 3. The summed E-state index contributed by atoms with van der Waals surface area (Å²) in [6, 6.07) is 12.8. The van der Waals surface area contributed by atoms with Gasteiger partial charge >= 0.3 is 11.8 Å². The zero-order valence-corrected chi connectivity index (χ0v) is 21.7. The summed E-state index contributed by atoms with van der Waals surface area (Å²) in [6.45, 7) is -0.0843. The molecule has 0 fully saturated rings. The number of halogens is 4. The molecule has 0 aliphatic heterocycles. The first-order chi connectivity index (χ1) is 19.0. The minimum atomic E-state index is -4.73. The lowest BCUT2D eigenvalue weighted by molar-refractivity contribution is -0.139. The van der Waals surface area contributed by atoms with Crippen LogP contribution in [0.1, 0.15) is 11.1 Å². The molecule has 0 spiro atoms. The summed E-state index contributed by atoms with van der Waals surface area (Å²) in [5, 5.41) is 11.0. The third kappa shape index (κ3) is 4.75. The van der Waals surface area contributed by atoms with E-state index < -0.39 is 44.8 Å². The Morgan fingerprint density at radius 2 is 1.62 bits per heavy atom. The van der Waals surface area contributed by atoms with Crippen LogP contribution in [-0.2, 0) is 12.7 Å². The Morgan fingerprint density at radius 3 is 2.27 bits per heavy atom. The molecule has 3 aromatic carbocycles. The van der Waals surface area contributed by atoms with Crippen molar-refractivity contribution in [3.05, 3.63) is 98.4 Å². The van der Waals surface area contributed by atoms with Gasteiger partial charge in [0.1, 0.15) is 16.1 Å². The highest BCUT2D eigenvalue weighted by atomic mass is 32.2. The molecule has 0 saturated heterocycles. The average Bonchev–Trinajstić information content (AvgIpc) is 2.93. The SMILES string of the molecule is COc1cc2c3oc(=O)c(Sc4ccccc4C(F)(F)F)c(O)c3c(=O)n(Cc3ccc(F)cc3)c2cc1OC. The monoisotopic (exact) mass is 573 g/mol. The molecule has 0 unspecified atom stereocenters. The predicted molar refractivity (Wildman–Crippen MR) is 140 cm³/mol. The number of aromatic hydroxyl groups is 1. The van der Waals surface area contributed by atoms with Crippen LogP contribution in [0.2, 0.25) is 0 Å². The van der Waals surface area contributed by atoms with Gasteiger partial charge in [0, 0.05) is 16.3 Å². The van der Waals surface area contributed by atoms with Crippen molar-refractivity contribution in [2.24, 2.45) is 0 Å². The number of rotatable bonds is 6. The van der Waals surface area contributed by atoms with Crippen molar-refractivity contribution >= 4 is 33.6 Å². The van der Waals surface area contributed by atoms with E-state index in [1.807, 2.05) is 0 Å². The normalized spacial score (nSPS) is 11.8. The highest BCUT2D eigenvalue weighted by Crippen LogP contribution is 2.43. The summed E-state index contributed by atoms with van der Waals surface area (Å²) < 4.78 is 71.7. The van der Waals surface area contributed by atoms with Crippen LogP contribution in [0, 0.1) is 5.82 Å². The number of hydrogen-bond donors (Lipinski definition) is 1. The van der Waals surface area contributed by atoms with Gasteiger partial charge in [-0.25, -0.2) is 9.18 Å². The molecule has 5 aromatic rings. The van der Waals surface area contributed by atoms with Crippen LogP contribution in [0.25, 0.3) is 21.9 Å². The highest BCUT2D eigenvalue weighted by Gasteiger charge is 2.34. The number of hydrogen-bond acceptors (Lipinski definition) is 7. The molecule has 0 atom stereocenters. The second kappa shape index (κ2) is 10.3. The zero-order chi connectivity index (χ0) is 28.8. The van der Waals surface area contributed by atoms with E-state index in [1.165, 1.54) is 67.3 Å². The predicted octanol–water partition coefficient (Wildman–Crippen LogP) is 6.19. The van der Waals surface area contributed by atoms with E-state index >= 15 is 0 Å². The Hall–Kier alpha value is -4.45. The number of nitrogens with zero attached hydrogens (tertiary/aromatic N) is 1. The van der Waals surface area contributed by atoms with Crippen molar-refractivity contribution in [3.63, 3.8) is 0 Å². The summed E-state index contributed by atoms with van der Waals surface area (Å²) in [5.41, 5.74) is -2.48. The van der Waals surface area contributed by atoms with Crippen LogP contribution >= 0.6 is 11.8 Å². The van der Waals surface area contributed by atoms with E-state index in [4.69, 9.17) is 13.9 Å². The zero-order valence-electron chi connectivity index (χ0n) is 20.8. The topological polar surface area (TPSA) is 90.9 Å². The van der Waals surface area contributed by atoms with E-state index in [0.717, 1.165) is 12.1 Å². The first-order valence-corrected chi connectivity index (χ1v) is 12.4. The van der Waals surface area contributed by atoms with Gasteiger partial charge in [0.2, 0.25) is 0 Å². The van der Waals surface area contributed by atoms with E-state index in [1.54, 1.807) is 0 Å². The number of ether oxygens (including phenoxy) is 2. The second-order valence-corrected chi connectivity index (χ2v) is 9.66. The first-order valence-electron chi connectivity index (χ1n) is 11.6. The average molecular weight is 574 g/mol. The van der Waals surface area contributed by atoms with Crippen LogP contribution in [-0.4, -0.2) is 23.9 Å². The van der Waals surface area contributed by atoms with Gasteiger partial charge in [0.25, 0.3) is 5.56 Å². The van der Waals surface area contributed by atoms with Crippen LogP contribution in [0.5, 0.6) is 17.2 Å². The molecule has 5 rings (SSSR count). The van der Waals surface area contributed by atoms with Gasteiger partial charge in [0.15, 0.2) is 22.8 Å². The number of aromatic nitrogens is 1. The molecular formula is C28H19F4NO6S. The molecule has 0 saturated carbocycles. The fraction of sp³-hybridized carbons (Fsp3) is 0.143. The van der Waals surface area contributed by atoms with Gasteiger partial charge in [-0.1, -0.05) is 36.0 Å². The lowest BCUT2D eigenvalue weighted by Gasteiger charge is -2.17. The van der Waals surface area contributed by atoms with Crippen molar-refractivity contribution in [2.75, 3.05) is 14.2 Å². The number of pyridine rings is 1. The maximum atomic E-state index is 13.8. The van der Waals surface area contributed by atoms with Gasteiger partial charge in [-0.05, 0) is 35.9 Å². The van der Waals surface area contributed by atoms with Crippen molar-refractivity contribution < 1.29 is 36.6 Å². The number of methoxy groups -OCH3 is 2. The first kappa shape index (κ1) is 27.1. The van der Waals surface area contributed by atoms with E-state index in [9.17, 15) is 32.3 Å². The lowest BCUT2D eigenvalue weighted by atomic mass is 10.1. The fourth-order valence-corrected chi connectivity index (χ4v) is 5.32. The van der Waals surface area contributed by atoms with Gasteiger partial charge in [-0.15, -0.1) is 0 Å². The third-order valence-electron chi connectivity index (χ3n) is 6.21. The molecule has 0 radical (unpaired) electrons. The van der Waals surface area contributed by atoms with E-state index in [-0.39, 0.29) is 39.4 Å². The number of alkyl halides is 3. The minimum absolute atomic E-state index is 0.0843. The second-order valence-electron chi connectivity index (χ2n) is 8.61. The third-order valence-corrected chi connectivity index (χ3v) is 7.35. The van der Waals surface area contributed by atoms with Gasteiger partial charge in [0.05, 0.1) is 31.8 Å². The van der Waals surface area contributed by atoms with Crippen molar-refractivity contribution in [1.82, 2.24) is 4.57 Å². The standard InChI is InChI=1S/C28H19F4NO6S/c1-37-19-11-16-18(12-20(19)38-2)33(13-14-7-9-15(29)10-8-14)26(35)22-23(34)25(27(36)39-24(16)22)40-21-6-4-3-5-17(21)28(30,31)32/h3-12,34H,13H2,1-2H3. The summed E-state index contributed by atoms with van der Waals surface area (Å²) >= 11 is 0.338. The van der Waals surface area contributed by atoms with E-state index in [2.05, 4.69) is 0 Å². The molecule has 206 valence electrons. The molecule has 0 bridgehead atoms. The Morgan fingerprint density at radius 1 is 0.975 bits per heavy atom.